The third kappa shape index (κ3) is 3.91. The van der Waals surface area contributed by atoms with Gasteiger partial charge in [0.1, 0.15) is 0 Å². The first kappa shape index (κ1) is 9.79. The Hall–Kier alpha value is -0.300. The Morgan fingerprint density at radius 2 is 1.58 bits per heavy atom. The van der Waals surface area contributed by atoms with Crippen molar-refractivity contribution in [1.29, 1.82) is 0 Å². The van der Waals surface area contributed by atoms with Gasteiger partial charge in [-0.3, -0.25) is 0 Å². The molecule has 0 fully saturated rings. The SMILES string of the molecule is CC(C)(C)OC1CCC=CCC1. The second kappa shape index (κ2) is 4.08. The summed E-state index contributed by atoms with van der Waals surface area (Å²) in [4.78, 5) is 0. The molecule has 0 atom stereocenters. The van der Waals surface area contributed by atoms with Crippen molar-refractivity contribution >= 4 is 0 Å². The molecule has 1 rings (SSSR count). The number of rotatable bonds is 1. The van der Waals surface area contributed by atoms with Crippen LogP contribution in [-0.2, 0) is 4.74 Å². The summed E-state index contributed by atoms with van der Waals surface area (Å²) in [5, 5.41) is 0. The summed E-state index contributed by atoms with van der Waals surface area (Å²) in [5.41, 5.74) is 0.0228. The van der Waals surface area contributed by atoms with Crippen LogP contribution in [0.5, 0.6) is 0 Å². The lowest BCUT2D eigenvalue weighted by Crippen LogP contribution is -2.27. The summed E-state index contributed by atoms with van der Waals surface area (Å²) in [6, 6.07) is 0. The van der Waals surface area contributed by atoms with Gasteiger partial charge >= 0.3 is 0 Å². The molecule has 0 saturated heterocycles. The highest BCUT2D eigenvalue weighted by Gasteiger charge is 2.18. The molecular formula is C11H20O. The quantitative estimate of drug-likeness (QED) is 0.546. The summed E-state index contributed by atoms with van der Waals surface area (Å²) in [6.07, 6.45) is 9.75. The molecule has 1 nitrogen and oxygen atoms in total. The van der Waals surface area contributed by atoms with Crippen LogP contribution in [0.15, 0.2) is 12.2 Å². The van der Waals surface area contributed by atoms with Crippen LogP contribution in [0.25, 0.3) is 0 Å². The van der Waals surface area contributed by atoms with Crippen molar-refractivity contribution in [3.63, 3.8) is 0 Å². The normalized spacial score (nSPS) is 20.9. The predicted octanol–water partition coefficient (Wildman–Crippen LogP) is 3.30. The summed E-state index contributed by atoms with van der Waals surface area (Å²) in [7, 11) is 0. The van der Waals surface area contributed by atoms with E-state index in [-0.39, 0.29) is 5.60 Å². The van der Waals surface area contributed by atoms with E-state index in [4.69, 9.17) is 4.74 Å². The summed E-state index contributed by atoms with van der Waals surface area (Å²) < 4.78 is 5.92. The lowest BCUT2D eigenvalue weighted by atomic mass is 10.1. The van der Waals surface area contributed by atoms with Crippen LogP contribution in [0, 0.1) is 0 Å². The lowest BCUT2D eigenvalue weighted by molar-refractivity contribution is -0.0645. The minimum atomic E-state index is 0.0228. The molecule has 0 aliphatic heterocycles. The first-order valence-corrected chi connectivity index (χ1v) is 4.91. The van der Waals surface area contributed by atoms with Crippen molar-refractivity contribution in [1.82, 2.24) is 0 Å². The molecule has 0 aromatic heterocycles. The number of ether oxygens (including phenoxy) is 1. The molecule has 70 valence electrons. The zero-order valence-electron chi connectivity index (χ0n) is 8.47. The molecule has 1 aliphatic carbocycles. The molecule has 12 heavy (non-hydrogen) atoms. The maximum atomic E-state index is 5.92. The second-order valence-electron chi connectivity index (χ2n) is 4.48. The molecule has 0 aromatic carbocycles. The van der Waals surface area contributed by atoms with Crippen molar-refractivity contribution in [2.24, 2.45) is 0 Å². The predicted molar refractivity (Wildman–Crippen MR) is 52.2 cm³/mol. The van der Waals surface area contributed by atoms with Crippen LogP contribution in [-0.4, -0.2) is 11.7 Å². The van der Waals surface area contributed by atoms with Gasteiger partial charge in [0.05, 0.1) is 11.7 Å². The van der Waals surface area contributed by atoms with Crippen LogP contribution in [0.3, 0.4) is 0 Å². The molecule has 0 unspecified atom stereocenters. The van der Waals surface area contributed by atoms with E-state index in [1.807, 2.05) is 0 Å². The fourth-order valence-corrected chi connectivity index (χ4v) is 1.56. The fraction of sp³-hybridized carbons (Fsp3) is 0.818. The van der Waals surface area contributed by atoms with Gasteiger partial charge < -0.3 is 4.74 Å². The van der Waals surface area contributed by atoms with Crippen LogP contribution < -0.4 is 0 Å². The Labute approximate surface area is 75.8 Å². The zero-order chi connectivity index (χ0) is 9.03. The van der Waals surface area contributed by atoms with Crippen molar-refractivity contribution in [2.45, 2.75) is 58.2 Å². The Morgan fingerprint density at radius 1 is 1.08 bits per heavy atom. The molecule has 0 bridgehead atoms. The van der Waals surface area contributed by atoms with Crippen LogP contribution >= 0.6 is 0 Å². The molecular weight excluding hydrogens is 148 g/mol. The lowest BCUT2D eigenvalue weighted by Gasteiger charge is -2.26. The highest BCUT2D eigenvalue weighted by atomic mass is 16.5. The van der Waals surface area contributed by atoms with Crippen molar-refractivity contribution in [3.8, 4) is 0 Å². The van der Waals surface area contributed by atoms with Crippen molar-refractivity contribution < 1.29 is 4.74 Å². The van der Waals surface area contributed by atoms with Gasteiger partial charge in [0.25, 0.3) is 0 Å². The fourth-order valence-electron chi connectivity index (χ4n) is 1.56. The second-order valence-corrected chi connectivity index (χ2v) is 4.48. The Kier molecular flexibility index (Phi) is 3.33. The summed E-state index contributed by atoms with van der Waals surface area (Å²) in [6.45, 7) is 6.39. The molecule has 1 aliphatic rings. The van der Waals surface area contributed by atoms with Crippen LogP contribution in [0.4, 0.5) is 0 Å². The van der Waals surface area contributed by atoms with Gasteiger partial charge in [0, 0.05) is 0 Å². The summed E-state index contributed by atoms with van der Waals surface area (Å²) in [5.74, 6) is 0. The standard InChI is InChI=1S/C11H20O/c1-11(2,3)12-10-8-6-4-5-7-9-10/h4-5,10H,6-9H2,1-3H3. The van der Waals surface area contributed by atoms with Gasteiger partial charge in [0.15, 0.2) is 0 Å². The molecule has 0 saturated carbocycles. The van der Waals surface area contributed by atoms with E-state index in [0.29, 0.717) is 6.10 Å². The van der Waals surface area contributed by atoms with E-state index in [2.05, 4.69) is 32.9 Å². The van der Waals surface area contributed by atoms with Gasteiger partial charge in [-0.05, 0) is 46.5 Å². The third-order valence-corrected chi connectivity index (χ3v) is 2.00. The highest BCUT2D eigenvalue weighted by Crippen LogP contribution is 2.20. The van der Waals surface area contributed by atoms with Crippen LogP contribution in [0.1, 0.15) is 46.5 Å². The van der Waals surface area contributed by atoms with Crippen molar-refractivity contribution in [3.05, 3.63) is 12.2 Å². The van der Waals surface area contributed by atoms with E-state index in [9.17, 15) is 0 Å². The topological polar surface area (TPSA) is 9.23 Å². The van der Waals surface area contributed by atoms with E-state index < -0.39 is 0 Å². The maximum absolute atomic E-state index is 5.92. The van der Waals surface area contributed by atoms with Crippen LogP contribution in [0.2, 0.25) is 0 Å². The molecule has 1 heteroatoms. The van der Waals surface area contributed by atoms with Gasteiger partial charge in [0.2, 0.25) is 0 Å². The highest BCUT2D eigenvalue weighted by molar-refractivity contribution is 4.87. The molecule has 0 heterocycles. The number of hydrogen-bond donors (Lipinski definition) is 0. The first-order valence-electron chi connectivity index (χ1n) is 4.91. The Balaban J connectivity index is 2.33. The molecule has 0 N–H and O–H groups in total. The Bertz CT molecular complexity index is 143. The number of hydrogen-bond acceptors (Lipinski definition) is 1. The molecule has 0 amide bonds. The van der Waals surface area contributed by atoms with Gasteiger partial charge in [-0.25, -0.2) is 0 Å². The van der Waals surface area contributed by atoms with Crippen molar-refractivity contribution in [2.75, 3.05) is 0 Å². The summed E-state index contributed by atoms with van der Waals surface area (Å²) >= 11 is 0. The average molecular weight is 168 g/mol. The minimum absolute atomic E-state index is 0.0228. The zero-order valence-corrected chi connectivity index (χ0v) is 8.47. The van der Waals surface area contributed by atoms with E-state index in [0.717, 1.165) is 0 Å². The molecule has 0 aromatic rings. The maximum Gasteiger partial charge on any atom is 0.0602 e. The monoisotopic (exact) mass is 168 g/mol. The van der Waals surface area contributed by atoms with E-state index >= 15 is 0 Å². The largest absolute Gasteiger partial charge is 0.373 e. The van der Waals surface area contributed by atoms with Gasteiger partial charge in [-0.15, -0.1) is 0 Å². The number of allylic oxidation sites excluding steroid dienone is 2. The van der Waals surface area contributed by atoms with E-state index in [1.165, 1.54) is 25.7 Å². The Morgan fingerprint density at radius 3 is 2.00 bits per heavy atom. The third-order valence-electron chi connectivity index (χ3n) is 2.00. The van der Waals surface area contributed by atoms with Gasteiger partial charge in [-0.2, -0.15) is 0 Å². The average Bonchev–Trinajstić information content (AvgIpc) is 2.12. The van der Waals surface area contributed by atoms with Gasteiger partial charge in [-0.1, -0.05) is 12.2 Å². The molecule has 0 spiro atoms. The van der Waals surface area contributed by atoms with E-state index in [1.54, 1.807) is 0 Å². The minimum Gasteiger partial charge on any atom is -0.373 e. The molecule has 0 radical (unpaired) electrons. The first-order chi connectivity index (χ1) is 5.58. The smallest absolute Gasteiger partial charge is 0.0602 e.